The lowest BCUT2D eigenvalue weighted by atomic mass is 9.95. The summed E-state index contributed by atoms with van der Waals surface area (Å²) in [4.78, 5) is 12.7. The van der Waals surface area contributed by atoms with E-state index in [1.54, 1.807) is 24.3 Å². The molecular weight excluding hydrogens is 372 g/mol. The van der Waals surface area contributed by atoms with Crippen molar-refractivity contribution in [2.75, 3.05) is 4.31 Å². The minimum Gasteiger partial charge on any atom is -0.349 e. The maximum atomic E-state index is 13.2. The predicted octanol–water partition coefficient (Wildman–Crippen LogP) is 3.89. The first-order chi connectivity index (χ1) is 13.5. The largest absolute Gasteiger partial charge is 0.349 e. The van der Waals surface area contributed by atoms with Gasteiger partial charge >= 0.3 is 0 Å². The number of anilines is 1. The molecule has 4 rings (SSSR count). The highest BCUT2D eigenvalue weighted by atomic mass is 32.2. The fourth-order valence-electron chi connectivity index (χ4n) is 4.31. The zero-order chi connectivity index (χ0) is 19.7. The Morgan fingerprint density at radius 3 is 2.39 bits per heavy atom. The Kier molecular flexibility index (Phi) is 5.15. The van der Waals surface area contributed by atoms with Crippen LogP contribution in [0.2, 0.25) is 0 Å². The average molecular weight is 399 g/mol. The Morgan fingerprint density at radius 1 is 1.00 bits per heavy atom. The van der Waals surface area contributed by atoms with Gasteiger partial charge in [-0.15, -0.1) is 0 Å². The van der Waals surface area contributed by atoms with E-state index in [0.29, 0.717) is 12.0 Å². The summed E-state index contributed by atoms with van der Waals surface area (Å²) < 4.78 is 28.0. The van der Waals surface area contributed by atoms with Crippen LogP contribution in [0.1, 0.15) is 54.9 Å². The molecule has 5 nitrogen and oxygen atoms in total. The third kappa shape index (κ3) is 3.53. The van der Waals surface area contributed by atoms with Gasteiger partial charge in [-0.2, -0.15) is 0 Å². The molecule has 0 aromatic heterocycles. The lowest BCUT2D eigenvalue weighted by molar-refractivity contribution is 0.0927. The number of nitrogens with zero attached hydrogens (tertiary/aromatic N) is 1. The molecule has 2 aromatic rings. The van der Waals surface area contributed by atoms with E-state index in [1.807, 2.05) is 31.2 Å². The van der Waals surface area contributed by atoms with Crippen LogP contribution in [0.25, 0.3) is 0 Å². The quantitative estimate of drug-likeness (QED) is 0.850. The molecule has 1 heterocycles. The molecule has 28 heavy (non-hydrogen) atoms. The summed E-state index contributed by atoms with van der Waals surface area (Å²) in [6, 6.07) is 14.0. The molecule has 6 heteroatoms. The Labute approximate surface area is 166 Å². The number of amides is 1. The van der Waals surface area contributed by atoms with Gasteiger partial charge in [0, 0.05) is 17.6 Å². The maximum Gasteiger partial charge on any atom is 0.264 e. The number of carbonyl (C=O) groups excluding carboxylic acids is 1. The fourth-order valence-corrected chi connectivity index (χ4v) is 6.00. The second kappa shape index (κ2) is 7.59. The summed E-state index contributed by atoms with van der Waals surface area (Å²) in [5.41, 5.74) is 2.29. The van der Waals surface area contributed by atoms with Gasteiger partial charge in [-0.1, -0.05) is 37.5 Å². The van der Waals surface area contributed by atoms with E-state index in [2.05, 4.69) is 5.32 Å². The number of para-hydroxylation sites is 1. The van der Waals surface area contributed by atoms with E-state index in [-0.39, 0.29) is 22.9 Å². The van der Waals surface area contributed by atoms with Crippen molar-refractivity contribution in [2.45, 2.75) is 62.4 Å². The van der Waals surface area contributed by atoms with Crippen molar-refractivity contribution < 1.29 is 13.2 Å². The first-order valence-corrected chi connectivity index (χ1v) is 11.4. The van der Waals surface area contributed by atoms with Gasteiger partial charge < -0.3 is 5.32 Å². The van der Waals surface area contributed by atoms with E-state index in [4.69, 9.17) is 0 Å². The lowest BCUT2D eigenvalue weighted by Gasteiger charge is -2.25. The zero-order valence-corrected chi connectivity index (χ0v) is 16.9. The van der Waals surface area contributed by atoms with E-state index < -0.39 is 10.0 Å². The molecule has 1 aliphatic heterocycles. The molecule has 0 radical (unpaired) electrons. The highest BCUT2D eigenvalue weighted by Crippen LogP contribution is 2.36. The third-order valence-corrected chi connectivity index (χ3v) is 7.70. The highest BCUT2D eigenvalue weighted by molar-refractivity contribution is 7.92. The van der Waals surface area contributed by atoms with E-state index in [0.717, 1.165) is 36.9 Å². The van der Waals surface area contributed by atoms with Gasteiger partial charge in [0.15, 0.2) is 0 Å². The summed E-state index contributed by atoms with van der Waals surface area (Å²) in [5, 5.41) is 3.07. The number of sulfonamides is 1. The van der Waals surface area contributed by atoms with Gasteiger partial charge in [0.05, 0.1) is 10.6 Å². The molecule has 1 fully saturated rings. The zero-order valence-electron chi connectivity index (χ0n) is 16.1. The van der Waals surface area contributed by atoms with Crippen molar-refractivity contribution in [2.24, 2.45) is 0 Å². The minimum atomic E-state index is -3.67. The van der Waals surface area contributed by atoms with Crippen molar-refractivity contribution in [1.29, 1.82) is 0 Å². The first kappa shape index (κ1) is 19.0. The Morgan fingerprint density at radius 2 is 1.68 bits per heavy atom. The van der Waals surface area contributed by atoms with Gasteiger partial charge in [0.2, 0.25) is 0 Å². The predicted molar refractivity (Wildman–Crippen MR) is 110 cm³/mol. The minimum absolute atomic E-state index is 0.128. The lowest BCUT2D eigenvalue weighted by Crippen LogP contribution is -2.36. The van der Waals surface area contributed by atoms with E-state index >= 15 is 0 Å². The summed E-state index contributed by atoms with van der Waals surface area (Å²) in [7, 11) is -3.67. The van der Waals surface area contributed by atoms with Gasteiger partial charge in [0.1, 0.15) is 0 Å². The number of benzene rings is 2. The monoisotopic (exact) mass is 398 g/mol. The molecule has 1 N–H and O–H groups in total. The molecule has 2 aromatic carbocycles. The number of nitrogens with one attached hydrogen (secondary N) is 1. The van der Waals surface area contributed by atoms with Crippen molar-refractivity contribution in [3.8, 4) is 0 Å². The van der Waals surface area contributed by atoms with Crippen molar-refractivity contribution >= 4 is 21.6 Å². The smallest absolute Gasteiger partial charge is 0.264 e. The molecule has 1 amide bonds. The molecule has 1 unspecified atom stereocenters. The molecular formula is C22H26N2O3S. The number of hydrogen-bond acceptors (Lipinski definition) is 3. The van der Waals surface area contributed by atoms with Crippen LogP contribution < -0.4 is 9.62 Å². The van der Waals surface area contributed by atoms with Crippen LogP contribution >= 0.6 is 0 Å². The van der Waals surface area contributed by atoms with Crippen molar-refractivity contribution in [3.63, 3.8) is 0 Å². The number of rotatable bonds is 4. The van der Waals surface area contributed by atoms with Gasteiger partial charge in [0.25, 0.3) is 15.9 Å². The summed E-state index contributed by atoms with van der Waals surface area (Å²) in [5.74, 6) is -0.129. The van der Waals surface area contributed by atoms with Gasteiger partial charge in [-0.05, 0) is 62.1 Å². The topological polar surface area (TPSA) is 66.5 Å². The normalized spacial score (nSPS) is 20.0. The van der Waals surface area contributed by atoms with Crippen LogP contribution in [0, 0.1) is 0 Å². The number of fused-ring (bicyclic) bond motifs is 1. The second-order valence-electron chi connectivity index (χ2n) is 7.82. The molecule has 1 aliphatic carbocycles. The number of carbonyl (C=O) groups is 1. The Balaban J connectivity index is 1.54. The third-order valence-electron chi connectivity index (χ3n) is 5.76. The fraction of sp³-hybridized carbons (Fsp3) is 0.409. The van der Waals surface area contributed by atoms with Gasteiger partial charge in [-0.25, -0.2) is 8.42 Å². The summed E-state index contributed by atoms with van der Waals surface area (Å²) in [6.45, 7) is 1.92. The summed E-state index contributed by atoms with van der Waals surface area (Å²) in [6.07, 6.45) is 6.28. The molecule has 2 aliphatic rings. The highest BCUT2D eigenvalue weighted by Gasteiger charge is 2.35. The maximum absolute atomic E-state index is 13.2. The van der Waals surface area contributed by atoms with E-state index in [1.165, 1.54) is 10.7 Å². The summed E-state index contributed by atoms with van der Waals surface area (Å²) >= 11 is 0. The van der Waals surface area contributed by atoms with Gasteiger partial charge in [-0.3, -0.25) is 9.10 Å². The molecule has 0 saturated heterocycles. The standard InChI is InChI=1S/C22H26N2O3S/c1-16-15-18-7-5-6-10-21(18)24(16)28(26,27)20-13-11-17(12-14-20)22(25)23-19-8-3-2-4-9-19/h5-7,10-14,16,19H,2-4,8-9,15H2,1H3,(H,23,25). The molecule has 0 spiro atoms. The average Bonchev–Trinajstić information content (AvgIpc) is 3.05. The van der Waals surface area contributed by atoms with Crippen LogP contribution in [0.3, 0.4) is 0 Å². The van der Waals surface area contributed by atoms with Crippen LogP contribution in [0.4, 0.5) is 5.69 Å². The SMILES string of the molecule is CC1Cc2ccccc2N1S(=O)(=O)c1ccc(C(=O)NC2CCCCC2)cc1. The molecule has 148 valence electrons. The Bertz CT molecular complexity index is 964. The van der Waals surface area contributed by atoms with Crippen LogP contribution in [0.5, 0.6) is 0 Å². The van der Waals surface area contributed by atoms with Crippen LogP contribution in [-0.4, -0.2) is 26.4 Å². The second-order valence-corrected chi connectivity index (χ2v) is 9.63. The van der Waals surface area contributed by atoms with E-state index in [9.17, 15) is 13.2 Å². The number of hydrogen-bond donors (Lipinski definition) is 1. The molecule has 0 bridgehead atoms. The first-order valence-electron chi connectivity index (χ1n) is 10.00. The van der Waals surface area contributed by atoms with Crippen LogP contribution in [0.15, 0.2) is 53.4 Å². The Hall–Kier alpha value is -2.34. The molecule has 1 atom stereocenters. The van der Waals surface area contributed by atoms with Crippen molar-refractivity contribution in [3.05, 3.63) is 59.7 Å². The molecule has 1 saturated carbocycles. The van der Waals surface area contributed by atoms with Crippen molar-refractivity contribution in [1.82, 2.24) is 5.32 Å². The van der Waals surface area contributed by atoms with Crippen LogP contribution in [-0.2, 0) is 16.4 Å².